The predicted octanol–water partition coefficient (Wildman–Crippen LogP) is 11.3. The highest BCUT2D eigenvalue weighted by atomic mass is 15.2. The molecule has 230 valence electrons. The number of aromatic nitrogens is 4. The fourth-order valence-electron chi connectivity index (χ4n) is 6.46. The summed E-state index contributed by atoms with van der Waals surface area (Å²) in [5.41, 5.74) is 8.57. The number of hydrogen-bond acceptors (Lipinski definition) is 3. The van der Waals surface area contributed by atoms with E-state index in [0.29, 0.717) is 33.5 Å². The second kappa shape index (κ2) is 12.2. The van der Waals surface area contributed by atoms with E-state index in [1.165, 1.54) is 0 Å². The molecule has 9 aromatic rings. The zero-order chi connectivity index (χ0) is 36.1. The van der Waals surface area contributed by atoms with Crippen molar-refractivity contribution < 1.29 is 5.48 Å². The Hall–Kier alpha value is -6.65. The van der Waals surface area contributed by atoms with Gasteiger partial charge in [0.05, 0.1) is 16.5 Å². The number of hydrogen-bond donors (Lipinski definition) is 0. The van der Waals surface area contributed by atoms with Gasteiger partial charge in [0, 0.05) is 21.9 Å². The maximum absolute atomic E-state index is 9.23. The van der Waals surface area contributed by atoms with E-state index >= 15 is 0 Å². The highest BCUT2D eigenvalue weighted by molar-refractivity contribution is 6.15. The average molecular weight is 631 g/mol. The standard InChI is InChI=1S/C45H30N4/c1-4-14-31(15-5-1)33-26-28-35(29-27-33)44-46-43(34-18-8-3-9-19-34)47-45(48-44)49-40-24-11-10-22-39(40)42-38(23-13-25-41(42)49)37-21-12-20-36(30-37)32-16-6-2-7-17-32/h1-30H/i10D,11D,22D,24D. The number of para-hydroxylation sites is 1. The van der Waals surface area contributed by atoms with Crippen LogP contribution in [0.5, 0.6) is 0 Å². The second-order valence-corrected chi connectivity index (χ2v) is 11.8. The molecular formula is C45H30N4. The van der Waals surface area contributed by atoms with E-state index in [1.807, 2.05) is 121 Å². The smallest absolute Gasteiger partial charge is 0.238 e. The lowest BCUT2D eigenvalue weighted by molar-refractivity contribution is 0.953. The summed E-state index contributed by atoms with van der Waals surface area (Å²) >= 11 is 0. The molecule has 0 unspecified atom stereocenters. The van der Waals surface area contributed by atoms with Crippen molar-refractivity contribution in [2.75, 3.05) is 0 Å². The molecule has 0 amide bonds. The highest BCUT2D eigenvalue weighted by Gasteiger charge is 2.20. The van der Waals surface area contributed by atoms with Crippen molar-refractivity contribution in [3.63, 3.8) is 0 Å². The number of fused-ring (bicyclic) bond motifs is 3. The van der Waals surface area contributed by atoms with Crippen LogP contribution in [-0.4, -0.2) is 19.5 Å². The minimum absolute atomic E-state index is 0.120. The van der Waals surface area contributed by atoms with Gasteiger partial charge in [-0.05, 0) is 51.6 Å². The van der Waals surface area contributed by atoms with Gasteiger partial charge in [-0.1, -0.05) is 164 Å². The normalized spacial score (nSPS) is 12.4. The van der Waals surface area contributed by atoms with Gasteiger partial charge >= 0.3 is 0 Å². The maximum atomic E-state index is 9.23. The van der Waals surface area contributed by atoms with Gasteiger partial charge in [-0.25, -0.2) is 4.98 Å². The lowest BCUT2D eigenvalue weighted by Crippen LogP contribution is -2.06. The molecule has 0 spiro atoms. The Kier molecular flexibility index (Phi) is 6.09. The van der Waals surface area contributed by atoms with Gasteiger partial charge in [0.1, 0.15) is 0 Å². The summed E-state index contributed by atoms with van der Waals surface area (Å²) in [6.45, 7) is 0. The molecule has 0 radical (unpaired) electrons. The van der Waals surface area contributed by atoms with Gasteiger partial charge in [-0.15, -0.1) is 0 Å². The van der Waals surface area contributed by atoms with Crippen LogP contribution in [-0.2, 0) is 0 Å². The van der Waals surface area contributed by atoms with Crippen LogP contribution in [0.15, 0.2) is 182 Å². The largest absolute Gasteiger partial charge is 0.278 e. The molecule has 2 heterocycles. The van der Waals surface area contributed by atoms with Crippen LogP contribution in [0.25, 0.3) is 83.9 Å². The molecule has 7 aromatic carbocycles. The van der Waals surface area contributed by atoms with Crippen LogP contribution >= 0.6 is 0 Å². The van der Waals surface area contributed by atoms with E-state index in [0.717, 1.165) is 44.5 Å². The Morgan fingerprint density at radius 2 is 0.918 bits per heavy atom. The Bertz CT molecular complexity index is 2800. The van der Waals surface area contributed by atoms with Crippen LogP contribution in [0, 0.1) is 0 Å². The van der Waals surface area contributed by atoms with Crippen LogP contribution in [0.4, 0.5) is 0 Å². The molecule has 0 fully saturated rings. The fourth-order valence-corrected chi connectivity index (χ4v) is 6.46. The molecule has 2 aromatic heterocycles. The van der Waals surface area contributed by atoms with Crippen molar-refractivity contribution in [3.8, 4) is 62.1 Å². The first-order chi connectivity index (χ1) is 26.0. The first kappa shape index (κ1) is 24.5. The average Bonchev–Trinajstić information content (AvgIpc) is 3.59. The van der Waals surface area contributed by atoms with E-state index in [4.69, 9.17) is 17.7 Å². The molecule has 0 aliphatic rings. The van der Waals surface area contributed by atoms with E-state index < -0.39 is 0 Å². The van der Waals surface area contributed by atoms with E-state index in [1.54, 1.807) is 4.57 Å². The maximum Gasteiger partial charge on any atom is 0.238 e. The molecule has 0 saturated carbocycles. The van der Waals surface area contributed by atoms with Crippen LogP contribution in [0.2, 0.25) is 0 Å². The summed E-state index contributed by atoms with van der Waals surface area (Å²) in [6.07, 6.45) is 0. The number of nitrogens with zero attached hydrogens (tertiary/aromatic N) is 4. The second-order valence-electron chi connectivity index (χ2n) is 11.8. The third kappa shape index (κ3) is 5.26. The van der Waals surface area contributed by atoms with Crippen molar-refractivity contribution >= 4 is 21.8 Å². The van der Waals surface area contributed by atoms with Crippen molar-refractivity contribution in [2.24, 2.45) is 0 Å². The zero-order valence-electron chi connectivity index (χ0n) is 30.3. The molecule has 49 heavy (non-hydrogen) atoms. The quantitative estimate of drug-likeness (QED) is 0.184. The SMILES string of the molecule is [2H]c1c([2H])c([2H])c2c(c1[2H])c1c(-c3cccc(-c4ccccc4)c3)cccc1n2-c1nc(-c2ccccc2)nc(-c2ccc(-c3ccccc3)cc2)n1. The van der Waals surface area contributed by atoms with Crippen LogP contribution in [0.3, 0.4) is 0 Å². The van der Waals surface area contributed by atoms with E-state index in [-0.39, 0.29) is 30.1 Å². The summed E-state index contributed by atoms with van der Waals surface area (Å²) in [4.78, 5) is 15.0. The van der Waals surface area contributed by atoms with Gasteiger partial charge in [0.15, 0.2) is 11.6 Å². The lowest BCUT2D eigenvalue weighted by Gasteiger charge is -2.12. The highest BCUT2D eigenvalue weighted by Crippen LogP contribution is 2.39. The zero-order valence-corrected chi connectivity index (χ0v) is 26.3. The van der Waals surface area contributed by atoms with Gasteiger partial charge in [0.25, 0.3) is 0 Å². The molecule has 4 heteroatoms. The van der Waals surface area contributed by atoms with Gasteiger partial charge in [-0.2, -0.15) is 9.97 Å². The predicted molar refractivity (Wildman–Crippen MR) is 201 cm³/mol. The van der Waals surface area contributed by atoms with Crippen molar-refractivity contribution in [3.05, 3.63) is 182 Å². The Balaban J connectivity index is 1.32. The third-order valence-electron chi connectivity index (χ3n) is 8.81. The van der Waals surface area contributed by atoms with Crippen LogP contribution in [0.1, 0.15) is 5.48 Å². The van der Waals surface area contributed by atoms with E-state index in [2.05, 4.69) is 36.4 Å². The molecule has 0 atom stereocenters. The van der Waals surface area contributed by atoms with Gasteiger partial charge in [0.2, 0.25) is 5.95 Å². The van der Waals surface area contributed by atoms with Crippen molar-refractivity contribution in [2.45, 2.75) is 0 Å². The minimum atomic E-state index is -0.326. The molecule has 0 saturated heterocycles. The van der Waals surface area contributed by atoms with Crippen LogP contribution < -0.4 is 0 Å². The summed E-state index contributed by atoms with van der Waals surface area (Å²) in [7, 11) is 0. The first-order valence-electron chi connectivity index (χ1n) is 18.1. The number of rotatable bonds is 6. The minimum Gasteiger partial charge on any atom is -0.278 e. The molecule has 0 aliphatic carbocycles. The first-order valence-corrected chi connectivity index (χ1v) is 16.1. The van der Waals surface area contributed by atoms with Crippen molar-refractivity contribution in [1.82, 2.24) is 19.5 Å². The molecular weight excluding hydrogens is 597 g/mol. The van der Waals surface area contributed by atoms with Crippen molar-refractivity contribution in [1.29, 1.82) is 0 Å². The Morgan fingerprint density at radius 3 is 1.61 bits per heavy atom. The molecule has 0 aliphatic heterocycles. The number of benzene rings is 7. The molecule has 0 bridgehead atoms. The summed E-state index contributed by atoms with van der Waals surface area (Å²) in [5, 5.41) is 1.09. The lowest BCUT2D eigenvalue weighted by atomic mass is 9.96. The molecule has 4 nitrogen and oxygen atoms in total. The van der Waals surface area contributed by atoms with Gasteiger partial charge < -0.3 is 0 Å². The third-order valence-corrected chi connectivity index (χ3v) is 8.81. The molecule has 9 rings (SSSR count). The fraction of sp³-hybridized carbons (Fsp3) is 0. The summed E-state index contributed by atoms with van der Waals surface area (Å²) in [6, 6.07) is 51.3. The Labute approximate surface area is 290 Å². The topological polar surface area (TPSA) is 43.6 Å². The summed E-state index contributed by atoms with van der Waals surface area (Å²) in [5.74, 6) is 1.14. The monoisotopic (exact) mass is 630 g/mol. The van der Waals surface area contributed by atoms with E-state index in [9.17, 15) is 2.74 Å². The Morgan fingerprint density at radius 1 is 0.408 bits per heavy atom. The summed E-state index contributed by atoms with van der Waals surface area (Å²) < 4.78 is 37.6. The van der Waals surface area contributed by atoms with Gasteiger partial charge in [-0.3, -0.25) is 4.57 Å². The molecule has 0 N–H and O–H groups in total.